The number of fused-ring (bicyclic) bond motifs is 1. The summed E-state index contributed by atoms with van der Waals surface area (Å²) in [5, 5.41) is 19.8. The fraction of sp³-hybridized carbons (Fsp3) is 0.160. The maximum atomic E-state index is 13.1. The number of methoxy groups -OCH3 is 1. The first-order chi connectivity index (χ1) is 17.4. The van der Waals surface area contributed by atoms with Crippen LogP contribution in [0.15, 0.2) is 66.7 Å². The van der Waals surface area contributed by atoms with Crippen LogP contribution < -0.4 is 20.9 Å². The van der Waals surface area contributed by atoms with Gasteiger partial charge in [0.15, 0.2) is 0 Å². The highest BCUT2D eigenvalue weighted by Gasteiger charge is 2.27. The van der Waals surface area contributed by atoms with E-state index in [1.807, 2.05) is 0 Å². The van der Waals surface area contributed by atoms with Gasteiger partial charge in [0.05, 0.1) is 22.9 Å². The molecule has 0 bridgehead atoms. The van der Waals surface area contributed by atoms with Gasteiger partial charge in [-0.15, -0.1) is 0 Å². The molecule has 4 rings (SSSR count). The topological polar surface area (TPSA) is 143 Å². The number of rotatable bonds is 8. The second kappa shape index (κ2) is 10.7. The highest BCUT2D eigenvalue weighted by atomic mass is 16.6. The Hall–Kier alpha value is -4.77. The van der Waals surface area contributed by atoms with Crippen LogP contribution >= 0.6 is 0 Å². The Morgan fingerprint density at radius 3 is 2.53 bits per heavy atom. The zero-order chi connectivity index (χ0) is 25.7. The molecule has 11 nitrogen and oxygen atoms in total. The molecule has 184 valence electrons. The number of nitro benzene ring substituents is 1. The molecule has 0 saturated heterocycles. The molecule has 0 aromatic heterocycles. The maximum absolute atomic E-state index is 13.1. The molecule has 11 heteroatoms. The monoisotopic (exact) mass is 489 g/mol. The molecule has 0 unspecified atom stereocenters. The molecule has 3 aromatic carbocycles. The summed E-state index contributed by atoms with van der Waals surface area (Å²) in [4.78, 5) is 50.1. The number of para-hydroxylation sites is 2. The zero-order valence-corrected chi connectivity index (χ0v) is 19.3. The molecule has 0 spiro atoms. The van der Waals surface area contributed by atoms with E-state index in [1.54, 1.807) is 48.5 Å². The largest absolute Gasteiger partial charge is 0.383 e. The third-order valence-electron chi connectivity index (χ3n) is 5.48. The zero-order valence-electron chi connectivity index (χ0n) is 19.3. The SMILES string of the molecule is COCCNc1ccc(C(=O)Nc2ccc(C(=O)N3CC(=O)Nc4ccccc43)cc2)cc1[N+](=O)[O-]. The van der Waals surface area contributed by atoms with E-state index >= 15 is 0 Å². The second-order valence-corrected chi connectivity index (χ2v) is 7.90. The van der Waals surface area contributed by atoms with E-state index in [4.69, 9.17) is 4.74 Å². The maximum Gasteiger partial charge on any atom is 0.293 e. The molecule has 3 amide bonds. The van der Waals surface area contributed by atoms with Gasteiger partial charge in [-0.05, 0) is 48.5 Å². The summed E-state index contributed by atoms with van der Waals surface area (Å²) >= 11 is 0. The van der Waals surface area contributed by atoms with Crippen LogP contribution in [0.1, 0.15) is 20.7 Å². The summed E-state index contributed by atoms with van der Waals surface area (Å²) in [6.45, 7) is 0.639. The van der Waals surface area contributed by atoms with Crippen LogP contribution in [0.2, 0.25) is 0 Å². The van der Waals surface area contributed by atoms with Crippen molar-refractivity contribution in [3.63, 3.8) is 0 Å². The highest BCUT2D eigenvalue weighted by molar-refractivity contribution is 6.15. The van der Waals surface area contributed by atoms with Gasteiger partial charge in [-0.25, -0.2) is 0 Å². The van der Waals surface area contributed by atoms with E-state index in [-0.39, 0.29) is 35.3 Å². The van der Waals surface area contributed by atoms with E-state index in [0.717, 1.165) is 0 Å². The van der Waals surface area contributed by atoms with Crippen LogP contribution in [-0.2, 0) is 9.53 Å². The van der Waals surface area contributed by atoms with Crippen molar-refractivity contribution in [2.45, 2.75) is 0 Å². The number of nitro groups is 1. The predicted molar refractivity (Wildman–Crippen MR) is 135 cm³/mol. The number of carbonyl (C=O) groups excluding carboxylic acids is 3. The van der Waals surface area contributed by atoms with E-state index in [1.165, 1.54) is 30.2 Å². The van der Waals surface area contributed by atoms with Crippen LogP contribution in [0.3, 0.4) is 0 Å². The Labute approximate surface area is 206 Å². The van der Waals surface area contributed by atoms with Gasteiger partial charge in [0.25, 0.3) is 17.5 Å². The summed E-state index contributed by atoms with van der Waals surface area (Å²) in [5.74, 6) is -1.19. The number of anilines is 4. The second-order valence-electron chi connectivity index (χ2n) is 7.90. The van der Waals surface area contributed by atoms with Crippen molar-refractivity contribution in [2.24, 2.45) is 0 Å². The molecular formula is C25H23N5O6. The van der Waals surface area contributed by atoms with E-state index < -0.39 is 10.8 Å². The quantitative estimate of drug-likeness (QED) is 0.250. The molecule has 0 fully saturated rings. The van der Waals surface area contributed by atoms with Crippen LogP contribution in [0.5, 0.6) is 0 Å². The summed E-state index contributed by atoms with van der Waals surface area (Å²) in [5.41, 5.74) is 2.05. The van der Waals surface area contributed by atoms with Gasteiger partial charge >= 0.3 is 0 Å². The summed E-state index contributed by atoms with van der Waals surface area (Å²) in [6.07, 6.45) is 0. The molecule has 1 aliphatic heterocycles. The Morgan fingerprint density at radius 2 is 1.81 bits per heavy atom. The van der Waals surface area contributed by atoms with Gasteiger partial charge in [0, 0.05) is 36.5 Å². The highest BCUT2D eigenvalue weighted by Crippen LogP contribution is 2.30. The third kappa shape index (κ3) is 5.31. The van der Waals surface area contributed by atoms with Crippen molar-refractivity contribution >= 4 is 46.2 Å². The first kappa shape index (κ1) is 24.4. The number of carbonyl (C=O) groups is 3. The molecule has 1 aliphatic rings. The molecule has 0 atom stereocenters. The average molecular weight is 489 g/mol. The van der Waals surface area contributed by atoms with Gasteiger partial charge < -0.3 is 20.7 Å². The molecule has 0 saturated carbocycles. The molecule has 36 heavy (non-hydrogen) atoms. The minimum Gasteiger partial charge on any atom is -0.383 e. The van der Waals surface area contributed by atoms with Gasteiger partial charge in [-0.2, -0.15) is 0 Å². The third-order valence-corrected chi connectivity index (χ3v) is 5.48. The smallest absolute Gasteiger partial charge is 0.293 e. The summed E-state index contributed by atoms with van der Waals surface area (Å²) in [6, 6.07) is 17.3. The first-order valence-corrected chi connectivity index (χ1v) is 11.0. The van der Waals surface area contributed by atoms with Crippen molar-refractivity contribution in [3.8, 4) is 0 Å². The van der Waals surface area contributed by atoms with Crippen LogP contribution in [0.4, 0.5) is 28.4 Å². The van der Waals surface area contributed by atoms with Gasteiger partial charge in [0.1, 0.15) is 12.2 Å². The molecule has 3 N–H and O–H groups in total. The lowest BCUT2D eigenvalue weighted by molar-refractivity contribution is -0.384. The number of amides is 3. The lowest BCUT2D eigenvalue weighted by atomic mass is 10.1. The Morgan fingerprint density at radius 1 is 1.08 bits per heavy atom. The standard InChI is InChI=1S/C25H23N5O6/c1-36-13-12-26-19-11-8-17(14-22(19)30(34)35)24(32)27-18-9-6-16(7-10-18)25(33)29-15-23(31)28-20-4-2-3-5-21(20)29/h2-11,14,26H,12-13,15H2,1H3,(H,27,32)(H,28,31). The van der Waals surface area contributed by atoms with Gasteiger partial charge in [-0.3, -0.25) is 29.4 Å². The summed E-state index contributed by atoms with van der Waals surface area (Å²) in [7, 11) is 1.52. The normalized spacial score (nSPS) is 12.4. The average Bonchev–Trinajstić information content (AvgIpc) is 2.88. The van der Waals surface area contributed by atoms with Crippen molar-refractivity contribution in [1.29, 1.82) is 0 Å². The molecule has 3 aromatic rings. The number of nitrogens with one attached hydrogen (secondary N) is 3. The minimum absolute atomic E-state index is 0.107. The van der Waals surface area contributed by atoms with E-state index in [9.17, 15) is 24.5 Å². The molecule has 0 radical (unpaired) electrons. The van der Waals surface area contributed by atoms with E-state index in [0.29, 0.717) is 35.8 Å². The minimum atomic E-state index is -0.564. The Balaban J connectivity index is 1.47. The molecular weight excluding hydrogens is 466 g/mol. The van der Waals surface area contributed by atoms with Crippen LogP contribution in [-0.4, -0.2) is 49.5 Å². The summed E-state index contributed by atoms with van der Waals surface area (Å²) < 4.78 is 4.93. The number of ether oxygens (including phenoxy) is 1. The fourth-order valence-electron chi connectivity index (χ4n) is 3.73. The van der Waals surface area contributed by atoms with Crippen molar-refractivity contribution < 1.29 is 24.0 Å². The lowest BCUT2D eigenvalue weighted by Crippen LogP contribution is -2.42. The number of benzene rings is 3. The van der Waals surface area contributed by atoms with Crippen molar-refractivity contribution in [3.05, 3.63) is 88.0 Å². The number of hydrogen-bond donors (Lipinski definition) is 3. The lowest BCUT2D eigenvalue weighted by Gasteiger charge is -2.29. The van der Waals surface area contributed by atoms with Crippen LogP contribution in [0, 0.1) is 10.1 Å². The number of nitrogens with zero attached hydrogens (tertiary/aromatic N) is 2. The van der Waals surface area contributed by atoms with Crippen molar-refractivity contribution in [1.82, 2.24) is 0 Å². The first-order valence-electron chi connectivity index (χ1n) is 11.0. The Bertz CT molecular complexity index is 1320. The van der Waals surface area contributed by atoms with Gasteiger partial charge in [0.2, 0.25) is 5.91 Å². The van der Waals surface area contributed by atoms with E-state index in [2.05, 4.69) is 16.0 Å². The molecule has 0 aliphatic carbocycles. The van der Waals surface area contributed by atoms with Crippen molar-refractivity contribution in [2.75, 3.05) is 47.7 Å². The van der Waals surface area contributed by atoms with Crippen LogP contribution in [0.25, 0.3) is 0 Å². The van der Waals surface area contributed by atoms with Gasteiger partial charge in [-0.1, -0.05) is 12.1 Å². The number of hydrogen-bond acceptors (Lipinski definition) is 7. The Kier molecular flexibility index (Phi) is 7.21. The fourth-order valence-corrected chi connectivity index (χ4v) is 3.73. The predicted octanol–water partition coefficient (Wildman–Crippen LogP) is 3.50. The molecule has 1 heterocycles.